The van der Waals surface area contributed by atoms with Gasteiger partial charge in [-0.25, -0.2) is 4.39 Å². The van der Waals surface area contributed by atoms with Crippen LogP contribution in [0.3, 0.4) is 0 Å². The van der Waals surface area contributed by atoms with Gasteiger partial charge in [-0.2, -0.15) is 0 Å². The van der Waals surface area contributed by atoms with Crippen molar-refractivity contribution >= 4 is 12.4 Å². The van der Waals surface area contributed by atoms with Crippen LogP contribution in [-0.2, 0) is 0 Å². The number of nitrogens with one attached hydrogen (secondary N) is 1. The second kappa shape index (κ2) is 8.52. The molecule has 0 unspecified atom stereocenters. The van der Waals surface area contributed by atoms with Crippen LogP contribution < -0.4 is 10.1 Å². The summed E-state index contributed by atoms with van der Waals surface area (Å²) in [5, 5.41) is 3.22. The van der Waals surface area contributed by atoms with Crippen molar-refractivity contribution in [1.82, 2.24) is 10.2 Å². The molecule has 1 saturated heterocycles. The SMILES string of the molecule is C=CC[C@@H](c1ccc(OC(F)(F)F)c(F)c1)N1CCNCC1.Cl. The van der Waals surface area contributed by atoms with Crippen LogP contribution in [0.25, 0.3) is 0 Å². The second-order valence-corrected chi connectivity index (χ2v) is 5.06. The van der Waals surface area contributed by atoms with Gasteiger partial charge in [0.2, 0.25) is 0 Å². The third-order valence-electron chi connectivity index (χ3n) is 3.55. The normalized spacial score (nSPS) is 17.2. The highest BCUT2D eigenvalue weighted by molar-refractivity contribution is 5.85. The molecule has 1 atom stereocenters. The van der Waals surface area contributed by atoms with Gasteiger partial charge < -0.3 is 10.1 Å². The Hall–Kier alpha value is -1.31. The van der Waals surface area contributed by atoms with Gasteiger partial charge in [-0.1, -0.05) is 12.1 Å². The molecule has 0 aromatic heterocycles. The summed E-state index contributed by atoms with van der Waals surface area (Å²) in [6, 6.07) is 3.50. The number of piperazine rings is 1. The van der Waals surface area contributed by atoms with Crippen LogP contribution in [0.4, 0.5) is 17.6 Å². The van der Waals surface area contributed by atoms with Crippen molar-refractivity contribution < 1.29 is 22.3 Å². The average molecular weight is 355 g/mol. The Labute approximate surface area is 138 Å². The fraction of sp³-hybridized carbons (Fsp3) is 0.467. The van der Waals surface area contributed by atoms with E-state index in [2.05, 4.69) is 21.5 Å². The van der Waals surface area contributed by atoms with Gasteiger partial charge in [-0.3, -0.25) is 4.90 Å². The molecule has 1 heterocycles. The largest absolute Gasteiger partial charge is 0.573 e. The van der Waals surface area contributed by atoms with Gasteiger partial charge >= 0.3 is 6.36 Å². The lowest BCUT2D eigenvalue weighted by Crippen LogP contribution is -2.45. The molecule has 0 bridgehead atoms. The van der Waals surface area contributed by atoms with Crippen LogP contribution in [0.1, 0.15) is 18.0 Å². The van der Waals surface area contributed by atoms with Gasteiger partial charge in [0, 0.05) is 32.2 Å². The topological polar surface area (TPSA) is 24.5 Å². The van der Waals surface area contributed by atoms with E-state index in [4.69, 9.17) is 0 Å². The molecule has 2 rings (SSSR count). The Morgan fingerprint density at radius 2 is 1.96 bits per heavy atom. The Balaban J connectivity index is 0.00000264. The zero-order valence-electron chi connectivity index (χ0n) is 12.4. The van der Waals surface area contributed by atoms with Crippen LogP contribution in [-0.4, -0.2) is 37.4 Å². The van der Waals surface area contributed by atoms with E-state index in [1.807, 2.05) is 0 Å². The maximum Gasteiger partial charge on any atom is 0.573 e. The molecule has 1 aliphatic heterocycles. The summed E-state index contributed by atoms with van der Waals surface area (Å²) in [6.45, 7) is 6.93. The zero-order valence-corrected chi connectivity index (χ0v) is 13.2. The lowest BCUT2D eigenvalue weighted by atomic mass is 10.0. The van der Waals surface area contributed by atoms with E-state index in [1.165, 1.54) is 6.07 Å². The number of benzene rings is 1. The number of halogens is 5. The van der Waals surface area contributed by atoms with Crippen LogP contribution in [0.5, 0.6) is 5.75 Å². The lowest BCUT2D eigenvalue weighted by molar-refractivity contribution is -0.275. The minimum Gasteiger partial charge on any atom is -0.403 e. The summed E-state index contributed by atoms with van der Waals surface area (Å²) in [5.41, 5.74) is 0.619. The molecule has 1 fully saturated rings. The van der Waals surface area contributed by atoms with Crippen LogP contribution in [0.15, 0.2) is 30.9 Å². The molecule has 0 amide bonds. The minimum atomic E-state index is -4.90. The number of ether oxygens (including phenoxy) is 1. The number of nitrogens with zero attached hydrogens (tertiary/aromatic N) is 1. The van der Waals surface area contributed by atoms with Gasteiger partial charge in [0.1, 0.15) is 0 Å². The molecule has 1 N–H and O–H groups in total. The summed E-state index contributed by atoms with van der Waals surface area (Å²) in [6.07, 6.45) is -2.58. The predicted molar refractivity (Wildman–Crippen MR) is 82.3 cm³/mol. The summed E-state index contributed by atoms with van der Waals surface area (Å²) < 4.78 is 54.0. The van der Waals surface area contributed by atoms with Crippen molar-refractivity contribution in [3.8, 4) is 5.75 Å². The van der Waals surface area contributed by atoms with Crippen molar-refractivity contribution in [3.63, 3.8) is 0 Å². The number of rotatable bonds is 5. The summed E-state index contributed by atoms with van der Waals surface area (Å²) >= 11 is 0. The number of hydrogen-bond acceptors (Lipinski definition) is 3. The monoisotopic (exact) mass is 354 g/mol. The quantitative estimate of drug-likeness (QED) is 0.645. The molecule has 23 heavy (non-hydrogen) atoms. The molecule has 1 aromatic carbocycles. The summed E-state index contributed by atoms with van der Waals surface area (Å²) in [7, 11) is 0. The van der Waals surface area contributed by atoms with E-state index in [0.29, 0.717) is 12.0 Å². The Morgan fingerprint density at radius 3 is 2.48 bits per heavy atom. The zero-order chi connectivity index (χ0) is 16.2. The van der Waals surface area contributed by atoms with E-state index in [-0.39, 0.29) is 18.4 Å². The Morgan fingerprint density at radius 1 is 1.30 bits per heavy atom. The van der Waals surface area contributed by atoms with Crippen molar-refractivity contribution in [2.45, 2.75) is 18.8 Å². The van der Waals surface area contributed by atoms with Gasteiger partial charge in [0.15, 0.2) is 11.6 Å². The van der Waals surface area contributed by atoms with Crippen molar-refractivity contribution in [1.29, 1.82) is 0 Å². The molecule has 130 valence electrons. The van der Waals surface area contributed by atoms with Crippen LogP contribution in [0, 0.1) is 5.82 Å². The van der Waals surface area contributed by atoms with E-state index < -0.39 is 17.9 Å². The van der Waals surface area contributed by atoms with Gasteiger partial charge in [-0.05, 0) is 24.1 Å². The minimum absolute atomic E-state index is 0. The Kier molecular flexibility index (Phi) is 7.31. The molecular weight excluding hydrogens is 336 g/mol. The van der Waals surface area contributed by atoms with E-state index in [1.54, 1.807) is 6.08 Å². The second-order valence-electron chi connectivity index (χ2n) is 5.06. The molecule has 0 spiro atoms. The highest BCUT2D eigenvalue weighted by Gasteiger charge is 2.32. The van der Waals surface area contributed by atoms with E-state index in [9.17, 15) is 17.6 Å². The highest BCUT2D eigenvalue weighted by atomic mass is 35.5. The average Bonchev–Trinajstić information content (AvgIpc) is 2.47. The fourth-order valence-electron chi connectivity index (χ4n) is 2.58. The third-order valence-corrected chi connectivity index (χ3v) is 3.55. The molecule has 0 radical (unpaired) electrons. The van der Waals surface area contributed by atoms with Gasteiger partial charge in [0.25, 0.3) is 0 Å². The molecule has 3 nitrogen and oxygen atoms in total. The van der Waals surface area contributed by atoms with E-state index >= 15 is 0 Å². The van der Waals surface area contributed by atoms with Crippen molar-refractivity contribution in [2.24, 2.45) is 0 Å². The number of alkyl halides is 3. The lowest BCUT2D eigenvalue weighted by Gasteiger charge is -2.34. The standard InChI is InChI=1S/C15H18F4N2O.ClH/c1-2-3-13(21-8-6-20-7-9-21)11-4-5-14(12(16)10-11)22-15(17,18)19;/h2,4-5,10,13,20H,1,3,6-9H2;1H/t13-;/m0./s1. The maximum atomic E-state index is 13.9. The van der Waals surface area contributed by atoms with Crippen molar-refractivity contribution in [2.75, 3.05) is 26.2 Å². The number of hydrogen-bond donors (Lipinski definition) is 1. The van der Waals surface area contributed by atoms with Crippen LogP contribution >= 0.6 is 12.4 Å². The molecule has 8 heteroatoms. The Bertz CT molecular complexity index is 519. The van der Waals surface area contributed by atoms with Gasteiger partial charge in [0.05, 0.1) is 0 Å². The molecule has 0 saturated carbocycles. The smallest absolute Gasteiger partial charge is 0.403 e. The first-order valence-electron chi connectivity index (χ1n) is 7.01. The molecule has 1 aromatic rings. The van der Waals surface area contributed by atoms with Crippen LogP contribution in [0.2, 0.25) is 0 Å². The summed E-state index contributed by atoms with van der Waals surface area (Å²) in [4.78, 5) is 2.16. The molecule has 1 aliphatic rings. The first kappa shape index (κ1) is 19.7. The van der Waals surface area contributed by atoms with Gasteiger partial charge in [-0.15, -0.1) is 32.2 Å². The summed E-state index contributed by atoms with van der Waals surface area (Å²) in [5.74, 6) is -1.83. The molecule has 0 aliphatic carbocycles. The predicted octanol–water partition coefficient (Wildman–Crippen LogP) is 3.67. The third kappa shape index (κ3) is 5.67. The maximum absolute atomic E-state index is 13.9. The van der Waals surface area contributed by atoms with Crippen molar-refractivity contribution in [3.05, 3.63) is 42.2 Å². The highest BCUT2D eigenvalue weighted by Crippen LogP contribution is 2.31. The first-order valence-corrected chi connectivity index (χ1v) is 7.01. The fourth-order valence-corrected chi connectivity index (χ4v) is 2.58. The first-order chi connectivity index (χ1) is 10.4. The molecular formula is C15H19ClF4N2O. The van der Waals surface area contributed by atoms with E-state index in [0.717, 1.165) is 38.3 Å².